The van der Waals surface area contributed by atoms with Crippen molar-refractivity contribution in [2.45, 2.75) is 19.5 Å². The van der Waals surface area contributed by atoms with Gasteiger partial charge in [-0.25, -0.2) is 8.42 Å². The van der Waals surface area contributed by atoms with Gasteiger partial charge in [-0.1, -0.05) is 64.1 Å². The Morgan fingerprint density at radius 1 is 0.939 bits per heavy atom. The lowest BCUT2D eigenvalue weighted by Crippen LogP contribution is -2.50. The standard InChI is InChI=1S/C20H20Cl5N3O4S/c1-11(20(30)26-2)27(9-12-4-5-13(21)14(22)6-12)19(29)10-28(33(3,31)32)18-8-16(24)15(23)7-17(18)25/h4-8,11H,9-10H2,1-3H3,(H,26,30). The molecule has 7 nitrogen and oxygen atoms in total. The smallest absolute Gasteiger partial charge is 0.244 e. The van der Waals surface area contributed by atoms with Gasteiger partial charge >= 0.3 is 0 Å². The van der Waals surface area contributed by atoms with Gasteiger partial charge in [0.2, 0.25) is 21.8 Å². The average molecular weight is 576 g/mol. The van der Waals surface area contributed by atoms with E-state index in [1.807, 2.05) is 0 Å². The third-order valence-electron chi connectivity index (χ3n) is 4.69. The monoisotopic (exact) mass is 573 g/mol. The molecule has 0 aliphatic rings. The maximum atomic E-state index is 13.3. The van der Waals surface area contributed by atoms with Crippen LogP contribution in [-0.4, -0.2) is 51.0 Å². The molecule has 180 valence electrons. The second kappa shape index (κ2) is 11.3. The van der Waals surface area contributed by atoms with E-state index in [0.29, 0.717) is 10.6 Å². The van der Waals surface area contributed by atoms with E-state index in [0.717, 1.165) is 10.6 Å². The summed E-state index contributed by atoms with van der Waals surface area (Å²) in [6.45, 7) is 0.849. The van der Waals surface area contributed by atoms with Crippen LogP contribution in [0.25, 0.3) is 0 Å². The highest BCUT2D eigenvalue weighted by Gasteiger charge is 2.31. The Hall–Kier alpha value is -1.42. The van der Waals surface area contributed by atoms with Crippen molar-refractivity contribution < 1.29 is 18.0 Å². The minimum atomic E-state index is -3.97. The number of halogens is 5. The molecule has 2 aromatic rings. The molecule has 0 spiro atoms. The second-order valence-corrected chi connectivity index (χ2v) is 11.0. The van der Waals surface area contributed by atoms with Gasteiger partial charge in [0.1, 0.15) is 12.6 Å². The Labute approximate surface area is 217 Å². The third-order valence-corrected chi connectivity index (χ3v) is 7.58. The first-order valence-electron chi connectivity index (χ1n) is 9.33. The molecular weight excluding hydrogens is 556 g/mol. The van der Waals surface area contributed by atoms with E-state index in [1.165, 1.54) is 31.0 Å². The van der Waals surface area contributed by atoms with E-state index in [-0.39, 0.29) is 32.3 Å². The fourth-order valence-electron chi connectivity index (χ4n) is 2.92. The first-order valence-corrected chi connectivity index (χ1v) is 13.1. The van der Waals surface area contributed by atoms with Gasteiger partial charge in [-0.05, 0) is 36.8 Å². The van der Waals surface area contributed by atoms with Gasteiger partial charge in [-0.2, -0.15) is 0 Å². The van der Waals surface area contributed by atoms with Crippen molar-refractivity contribution in [3.05, 3.63) is 61.0 Å². The normalized spacial score (nSPS) is 12.2. The zero-order chi connectivity index (χ0) is 25.1. The highest BCUT2D eigenvalue weighted by Crippen LogP contribution is 2.35. The summed E-state index contributed by atoms with van der Waals surface area (Å²) in [5.74, 6) is -1.10. The molecule has 0 bridgehead atoms. The summed E-state index contributed by atoms with van der Waals surface area (Å²) in [6.07, 6.45) is 0.921. The molecule has 0 heterocycles. The van der Waals surface area contributed by atoms with Crippen LogP contribution in [-0.2, 0) is 26.2 Å². The molecule has 1 N–H and O–H groups in total. The number of likely N-dealkylation sites (N-methyl/N-ethyl adjacent to an activating group) is 1. The number of hydrogen-bond acceptors (Lipinski definition) is 4. The number of anilines is 1. The van der Waals surface area contributed by atoms with E-state index >= 15 is 0 Å². The van der Waals surface area contributed by atoms with Gasteiger partial charge in [0.25, 0.3) is 0 Å². The summed E-state index contributed by atoms with van der Waals surface area (Å²) in [6, 6.07) is 6.38. The van der Waals surface area contributed by atoms with Crippen molar-refractivity contribution in [2.24, 2.45) is 0 Å². The molecule has 1 unspecified atom stereocenters. The van der Waals surface area contributed by atoms with Crippen molar-refractivity contribution in [1.82, 2.24) is 10.2 Å². The number of benzene rings is 2. The van der Waals surface area contributed by atoms with Crippen LogP contribution in [0.5, 0.6) is 0 Å². The Morgan fingerprint density at radius 3 is 2.06 bits per heavy atom. The summed E-state index contributed by atoms with van der Waals surface area (Å²) in [4.78, 5) is 26.9. The van der Waals surface area contributed by atoms with Crippen LogP contribution in [0.15, 0.2) is 30.3 Å². The number of nitrogens with zero attached hydrogens (tertiary/aromatic N) is 2. The van der Waals surface area contributed by atoms with E-state index in [1.54, 1.807) is 18.2 Å². The number of sulfonamides is 1. The quantitative estimate of drug-likeness (QED) is 0.455. The molecule has 0 aromatic heterocycles. The largest absolute Gasteiger partial charge is 0.357 e. The van der Waals surface area contributed by atoms with Crippen molar-refractivity contribution in [3.63, 3.8) is 0 Å². The van der Waals surface area contributed by atoms with Gasteiger partial charge in [-0.3, -0.25) is 13.9 Å². The average Bonchev–Trinajstić information content (AvgIpc) is 2.73. The van der Waals surface area contributed by atoms with Gasteiger partial charge in [0.15, 0.2) is 0 Å². The van der Waals surface area contributed by atoms with Crippen LogP contribution in [0.2, 0.25) is 25.1 Å². The van der Waals surface area contributed by atoms with Crippen molar-refractivity contribution >= 4 is 85.5 Å². The number of hydrogen-bond donors (Lipinski definition) is 1. The zero-order valence-corrected chi connectivity index (χ0v) is 22.3. The fourth-order valence-corrected chi connectivity index (χ4v) is 4.79. The number of carbonyl (C=O) groups excluding carboxylic acids is 2. The van der Waals surface area contributed by atoms with Crippen molar-refractivity contribution in [1.29, 1.82) is 0 Å². The summed E-state index contributed by atoms with van der Waals surface area (Å²) < 4.78 is 25.9. The number of amides is 2. The molecule has 2 rings (SSSR count). The summed E-state index contributed by atoms with van der Waals surface area (Å²) >= 11 is 30.2. The maximum Gasteiger partial charge on any atom is 0.244 e. The van der Waals surface area contributed by atoms with Crippen molar-refractivity contribution in [3.8, 4) is 0 Å². The molecule has 33 heavy (non-hydrogen) atoms. The van der Waals surface area contributed by atoms with E-state index in [4.69, 9.17) is 58.0 Å². The fraction of sp³-hybridized carbons (Fsp3) is 0.300. The summed E-state index contributed by atoms with van der Waals surface area (Å²) in [5.41, 5.74) is 0.566. The Balaban J connectivity index is 2.47. The lowest BCUT2D eigenvalue weighted by Gasteiger charge is -2.31. The minimum Gasteiger partial charge on any atom is -0.357 e. The highest BCUT2D eigenvalue weighted by molar-refractivity contribution is 7.92. The second-order valence-electron chi connectivity index (χ2n) is 7.05. The number of carbonyl (C=O) groups is 2. The molecule has 0 saturated carbocycles. The predicted octanol–water partition coefficient (Wildman–Crippen LogP) is 4.88. The molecule has 2 aromatic carbocycles. The van der Waals surface area contributed by atoms with E-state index in [2.05, 4.69) is 5.32 Å². The van der Waals surface area contributed by atoms with Crippen LogP contribution in [0.3, 0.4) is 0 Å². The van der Waals surface area contributed by atoms with E-state index < -0.39 is 34.4 Å². The first kappa shape index (κ1) is 27.8. The number of nitrogens with one attached hydrogen (secondary N) is 1. The minimum absolute atomic E-state index is 0.0157. The van der Waals surface area contributed by atoms with Crippen LogP contribution in [0.4, 0.5) is 5.69 Å². The predicted molar refractivity (Wildman–Crippen MR) is 134 cm³/mol. The number of rotatable bonds is 8. The highest BCUT2D eigenvalue weighted by atomic mass is 35.5. The molecule has 13 heteroatoms. The van der Waals surface area contributed by atoms with Crippen LogP contribution >= 0.6 is 58.0 Å². The summed E-state index contributed by atoms with van der Waals surface area (Å²) in [7, 11) is -2.55. The lowest BCUT2D eigenvalue weighted by molar-refractivity contribution is -0.139. The third kappa shape index (κ3) is 7.04. The first-order chi connectivity index (χ1) is 15.3. The lowest BCUT2D eigenvalue weighted by atomic mass is 10.1. The van der Waals surface area contributed by atoms with Gasteiger partial charge in [0.05, 0.1) is 37.1 Å². The molecule has 1 atom stereocenters. The maximum absolute atomic E-state index is 13.3. The summed E-state index contributed by atoms with van der Waals surface area (Å²) in [5, 5.41) is 3.25. The Kier molecular flexibility index (Phi) is 9.56. The van der Waals surface area contributed by atoms with Gasteiger partial charge < -0.3 is 10.2 Å². The topological polar surface area (TPSA) is 86.8 Å². The van der Waals surface area contributed by atoms with Crippen LogP contribution in [0, 0.1) is 0 Å². The molecule has 0 aliphatic carbocycles. The SMILES string of the molecule is CNC(=O)C(C)N(Cc1ccc(Cl)c(Cl)c1)C(=O)CN(c1cc(Cl)c(Cl)cc1Cl)S(C)(=O)=O. The molecule has 0 aliphatic heterocycles. The molecular formula is C20H20Cl5N3O4S. The zero-order valence-electron chi connectivity index (χ0n) is 17.7. The van der Waals surface area contributed by atoms with E-state index in [9.17, 15) is 18.0 Å². The molecule has 2 amide bonds. The Morgan fingerprint density at radius 2 is 1.52 bits per heavy atom. The molecule has 0 saturated heterocycles. The molecule has 0 fully saturated rings. The molecule has 0 radical (unpaired) electrons. The van der Waals surface area contributed by atoms with Gasteiger partial charge in [-0.15, -0.1) is 0 Å². The Bertz CT molecular complexity index is 1180. The van der Waals surface area contributed by atoms with Crippen LogP contribution in [0.1, 0.15) is 12.5 Å². The van der Waals surface area contributed by atoms with Gasteiger partial charge in [0, 0.05) is 13.6 Å². The van der Waals surface area contributed by atoms with Crippen molar-refractivity contribution in [2.75, 3.05) is 24.2 Å². The van der Waals surface area contributed by atoms with Crippen LogP contribution < -0.4 is 9.62 Å².